The first kappa shape index (κ1) is 17.1. The molecule has 1 saturated heterocycles. The van der Waals surface area contributed by atoms with Gasteiger partial charge in [0.1, 0.15) is 0 Å². The Hall–Kier alpha value is -1.30. The van der Waals surface area contributed by atoms with Crippen LogP contribution in [0.4, 0.5) is 0 Å². The molecule has 1 aromatic heterocycles. The molecular formula is C16H23BrN2O3. The smallest absolute Gasteiger partial charge is 0.289 e. The third-order valence-corrected chi connectivity index (χ3v) is 4.70. The van der Waals surface area contributed by atoms with Crippen molar-refractivity contribution >= 4 is 27.7 Å². The van der Waals surface area contributed by atoms with E-state index in [4.69, 9.17) is 4.42 Å². The molecule has 1 aliphatic heterocycles. The molecule has 0 bridgehead atoms. The molecule has 2 heterocycles. The minimum absolute atomic E-state index is 0.0875. The Balaban J connectivity index is 1.83. The van der Waals surface area contributed by atoms with E-state index < -0.39 is 0 Å². The highest BCUT2D eigenvalue weighted by Gasteiger charge is 2.27. The maximum Gasteiger partial charge on any atom is 0.289 e. The minimum Gasteiger partial charge on any atom is -0.444 e. The maximum absolute atomic E-state index is 12.3. The van der Waals surface area contributed by atoms with Gasteiger partial charge in [-0.15, -0.1) is 0 Å². The Bertz CT molecular complexity index is 517. The van der Waals surface area contributed by atoms with Crippen LogP contribution in [0.2, 0.25) is 0 Å². The van der Waals surface area contributed by atoms with E-state index in [1.807, 2.05) is 13.8 Å². The van der Waals surface area contributed by atoms with Gasteiger partial charge in [0.2, 0.25) is 5.91 Å². The number of halogens is 1. The zero-order valence-electron chi connectivity index (χ0n) is 13.1. The molecule has 1 aliphatic rings. The Kier molecular flexibility index (Phi) is 6.06. The van der Waals surface area contributed by atoms with Gasteiger partial charge in [-0.3, -0.25) is 9.59 Å². The molecule has 122 valence electrons. The first-order chi connectivity index (χ1) is 10.5. The zero-order valence-corrected chi connectivity index (χ0v) is 14.7. The maximum atomic E-state index is 12.3. The van der Waals surface area contributed by atoms with Crippen LogP contribution in [0.1, 0.15) is 50.1 Å². The molecule has 0 unspecified atom stereocenters. The molecule has 5 nitrogen and oxygen atoms in total. The van der Waals surface area contributed by atoms with Gasteiger partial charge in [-0.1, -0.05) is 13.8 Å². The van der Waals surface area contributed by atoms with Crippen LogP contribution in [0.3, 0.4) is 0 Å². The lowest BCUT2D eigenvalue weighted by atomic mass is 9.99. The second kappa shape index (κ2) is 7.81. The van der Waals surface area contributed by atoms with Crippen molar-refractivity contribution in [2.75, 3.05) is 13.1 Å². The molecule has 22 heavy (non-hydrogen) atoms. The van der Waals surface area contributed by atoms with Gasteiger partial charge < -0.3 is 14.6 Å². The molecule has 1 N–H and O–H groups in total. The number of piperidine rings is 1. The fourth-order valence-electron chi connectivity index (χ4n) is 2.79. The summed E-state index contributed by atoms with van der Waals surface area (Å²) in [5.41, 5.74) is 0. The first-order valence-corrected chi connectivity index (χ1v) is 8.69. The number of hydrogen-bond acceptors (Lipinski definition) is 3. The van der Waals surface area contributed by atoms with Gasteiger partial charge in [-0.25, -0.2) is 0 Å². The van der Waals surface area contributed by atoms with Crippen LogP contribution in [0.15, 0.2) is 21.2 Å². The van der Waals surface area contributed by atoms with E-state index in [0.29, 0.717) is 23.5 Å². The third kappa shape index (κ3) is 4.12. The van der Waals surface area contributed by atoms with Gasteiger partial charge in [0.15, 0.2) is 10.4 Å². The second-order valence-electron chi connectivity index (χ2n) is 5.69. The largest absolute Gasteiger partial charge is 0.444 e. The van der Waals surface area contributed by atoms with Crippen molar-refractivity contribution in [3.8, 4) is 0 Å². The summed E-state index contributed by atoms with van der Waals surface area (Å²) in [6, 6.07) is 3.56. The van der Waals surface area contributed by atoms with Crippen LogP contribution in [0.5, 0.6) is 0 Å². The first-order valence-electron chi connectivity index (χ1n) is 7.90. The summed E-state index contributed by atoms with van der Waals surface area (Å²) >= 11 is 3.20. The summed E-state index contributed by atoms with van der Waals surface area (Å²) in [6.45, 7) is 5.36. The van der Waals surface area contributed by atoms with Crippen molar-refractivity contribution in [2.45, 2.75) is 45.6 Å². The second-order valence-corrected chi connectivity index (χ2v) is 6.47. The molecule has 2 amide bonds. The predicted molar refractivity (Wildman–Crippen MR) is 87.5 cm³/mol. The van der Waals surface area contributed by atoms with Crippen LogP contribution in [0.25, 0.3) is 0 Å². The summed E-state index contributed by atoms with van der Waals surface area (Å²) < 4.78 is 5.86. The predicted octanol–water partition coefficient (Wildman–Crippen LogP) is 3.20. The van der Waals surface area contributed by atoms with Crippen molar-refractivity contribution in [1.29, 1.82) is 0 Å². The number of amides is 2. The van der Waals surface area contributed by atoms with Crippen LogP contribution >= 0.6 is 15.9 Å². The number of hydrogen-bond donors (Lipinski definition) is 1. The number of carbonyl (C=O) groups excluding carboxylic acids is 2. The lowest BCUT2D eigenvalue weighted by Crippen LogP contribution is -2.47. The Morgan fingerprint density at radius 3 is 2.45 bits per heavy atom. The molecule has 1 aromatic rings. The van der Waals surface area contributed by atoms with E-state index in [2.05, 4.69) is 21.2 Å². The SMILES string of the molecule is CCC(CC)C(=O)NC1CCN(C(=O)c2ccc(Br)o2)CC1. The summed E-state index contributed by atoms with van der Waals surface area (Å²) in [6.07, 6.45) is 3.32. The number of likely N-dealkylation sites (tertiary alicyclic amines) is 1. The molecule has 1 fully saturated rings. The van der Waals surface area contributed by atoms with E-state index in [9.17, 15) is 9.59 Å². The molecular weight excluding hydrogens is 348 g/mol. The summed E-state index contributed by atoms with van der Waals surface area (Å²) in [5.74, 6) is 0.506. The number of nitrogens with zero attached hydrogens (tertiary/aromatic N) is 1. The quantitative estimate of drug-likeness (QED) is 0.865. The van der Waals surface area contributed by atoms with Crippen LogP contribution in [-0.4, -0.2) is 35.8 Å². The van der Waals surface area contributed by atoms with Crippen LogP contribution < -0.4 is 5.32 Å². The third-order valence-electron chi connectivity index (χ3n) is 4.27. The lowest BCUT2D eigenvalue weighted by molar-refractivity contribution is -0.126. The van der Waals surface area contributed by atoms with Crippen molar-refractivity contribution in [3.05, 3.63) is 22.6 Å². The van der Waals surface area contributed by atoms with Gasteiger partial charge in [-0.2, -0.15) is 0 Å². The number of rotatable bonds is 5. The average molecular weight is 371 g/mol. The fraction of sp³-hybridized carbons (Fsp3) is 0.625. The topological polar surface area (TPSA) is 62.6 Å². The van der Waals surface area contributed by atoms with E-state index >= 15 is 0 Å². The molecule has 0 aromatic carbocycles. The summed E-state index contributed by atoms with van der Waals surface area (Å²) in [7, 11) is 0. The van der Waals surface area contributed by atoms with Gasteiger partial charge in [0.25, 0.3) is 5.91 Å². The molecule has 0 atom stereocenters. The van der Waals surface area contributed by atoms with Gasteiger partial charge in [0, 0.05) is 25.0 Å². The Labute approximate surface area is 139 Å². The molecule has 2 rings (SSSR count). The fourth-order valence-corrected chi connectivity index (χ4v) is 3.10. The molecule has 0 aliphatic carbocycles. The van der Waals surface area contributed by atoms with Gasteiger partial charge >= 0.3 is 0 Å². The van der Waals surface area contributed by atoms with Crippen molar-refractivity contribution in [1.82, 2.24) is 10.2 Å². The van der Waals surface area contributed by atoms with Crippen LogP contribution in [0, 0.1) is 5.92 Å². The van der Waals surface area contributed by atoms with Gasteiger partial charge in [-0.05, 0) is 53.7 Å². The van der Waals surface area contributed by atoms with E-state index in [1.54, 1.807) is 17.0 Å². The molecule has 0 radical (unpaired) electrons. The molecule has 0 spiro atoms. The highest BCUT2D eigenvalue weighted by atomic mass is 79.9. The molecule has 0 saturated carbocycles. The van der Waals surface area contributed by atoms with E-state index in [-0.39, 0.29) is 23.8 Å². The Morgan fingerprint density at radius 1 is 1.32 bits per heavy atom. The number of nitrogens with one attached hydrogen (secondary N) is 1. The Morgan fingerprint density at radius 2 is 1.95 bits per heavy atom. The zero-order chi connectivity index (χ0) is 16.1. The van der Waals surface area contributed by atoms with Crippen LogP contribution in [-0.2, 0) is 4.79 Å². The lowest BCUT2D eigenvalue weighted by Gasteiger charge is -2.32. The van der Waals surface area contributed by atoms with Crippen molar-refractivity contribution < 1.29 is 14.0 Å². The standard InChI is InChI=1S/C16H23BrN2O3/c1-3-11(4-2)15(20)18-12-7-9-19(10-8-12)16(21)13-5-6-14(17)22-13/h5-6,11-12H,3-4,7-10H2,1-2H3,(H,18,20). The number of carbonyl (C=O) groups is 2. The van der Waals surface area contributed by atoms with Gasteiger partial charge in [0.05, 0.1) is 0 Å². The summed E-state index contributed by atoms with van der Waals surface area (Å²) in [5, 5.41) is 3.12. The normalized spacial score (nSPS) is 16.1. The average Bonchev–Trinajstić information content (AvgIpc) is 2.95. The summed E-state index contributed by atoms with van der Waals surface area (Å²) in [4.78, 5) is 26.2. The highest BCUT2D eigenvalue weighted by Crippen LogP contribution is 2.19. The monoisotopic (exact) mass is 370 g/mol. The molecule has 6 heteroatoms. The minimum atomic E-state index is -0.0875. The van der Waals surface area contributed by atoms with E-state index in [0.717, 1.165) is 25.7 Å². The van der Waals surface area contributed by atoms with Crippen molar-refractivity contribution in [3.63, 3.8) is 0 Å². The van der Waals surface area contributed by atoms with Crippen molar-refractivity contribution in [2.24, 2.45) is 5.92 Å². The number of furan rings is 1. The van der Waals surface area contributed by atoms with E-state index in [1.165, 1.54) is 0 Å². The highest BCUT2D eigenvalue weighted by molar-refractivity contribution is 9.10.